The fourth-order valence-corrected chi connectivity index (χ4v) is 2.51. The van der Waals surface area contributed by atoms with Crippen LogP contribution in [-0.2, 0) is 4.79 Å². The summed E-state index contributed by atoms with van der Waals surface area (Å²) in [4.78, 5) is 13.8. The van der Waals surface area contributed by atoms with Crippen molar-refractivity contribution in [2.75, 3.05) is 0 Å². The van der Waals surface area contributed by atoms with Crippen molar-refractivity contribution in [3.05, 3.63) is 10.4 Å². The van der Waals surface area contributed by atoms with Gasteiger partial charge in [0, 0.05) is 17.0 Å². The van der Waals surface area contributed by atoms with Gasteiger partial charge in [-0.3, -0.25) is 4.79 Å². The van der Waals surface area contributed by atoms with Gasteiger partial charge in [-0.15, -0.1) is 0 Å². The monoisotopic (exact) mass is 196 g/mol. The summed E-state index contributed by atoms with van der Waals surface area (Å²) in [7, 11) is 0. The lowest BCUT2D eigenvalue weighted by atomic mass is 9.85. The molecule has 0 spiro atoms. The van der Waals surface area contributed by atoms with Crippen LogP contribution in [-0.4, -0.2) is 28.7 Å². The smallest absolute Gasteiger partial charge is 0.315 e. The van der Waals surface area contributed by atoms with Crippen LogP contribution in [0.15, 0.2) is 5.11 Å². The van der Waals surface area contributed by atoms with Gasteiger partial charge in [-0.2, -0.15) is 0 Å². The van der Waals surface area contributed by atoms with Gasteiger partial charge in [0.25, 0.3) is 0 Å². The molecule has 0 aromatic carbocycles. The summed E-state index contributed by atoms with van der Waals surface area (Å²) in [6.07, 6.45) is 2.81. The van der Waals surface area contributed by atoms with Gasteiger partial charge in [-0.1, -0.05) is 5.11 Å². The second kappa shape index (κ2) is 3.15. The topological polar surface area (TPSA) is 98.1 Å². The van der Waals surface area contributed by atoms with Crippen LogP contribution in [0.25, 0.3) is 10.4 Å². The SMILES string of the molecule is [N-]=[N+]=NC1(C(=O)O)CC2CCC(C1)N2. The van der Waals surface area contributed by atoms with Crippen LogP contribution >= 0.6 is 0 Å². The standard InChI is InChI=1S/C8H12N4O2/c9-12-11-8(7(13)14)3-5-1-2-6(4-8)10-5/h5-6,10H,1-4H2,(H,13,14). The van der Waals surface area contributed by atoms with Gasteiger partial charge in [0.2, 0.25) is 0 Å². The van der Waals surface area contributed by atoms with Crippen LogP contribution in [0.1, 0.15) is 25.7 Å². The van der Waals surface area contributed by atoms with E-state index in [-0.39, 0.29) is 12.1 Å². The van der Waals surface area contributed by atoms with Crippen molar-refractivity contribution in [1.82, 2.24) is 5.32 Å². The number of hydrogen-bond acceptors (Lipinski definition) is 3. The number of rotatable bonds is 2. The molecule has 0 saturated carbocycles. The summed E-state index contributed by atoms with van der Waals surface area (Å²) < 4.78 is 0. The molecule has 14 heavy (non-hydrogen) atoms. The number of aliphatic carboxylic acids is 1. The molecule has 2 unspecified atom stereocenters. The summed E-state index contributed by atoms with van der Waals surface area (Å²) in [6, 6.07) is 0.408. The first-order valence-electron chi connectivity index (χ1n) is 4.72. The Bertz CT molecular complexity index is 294. The molecule has 2 atom stereocenters. The lowest BCUT2D eigenvalue weighted by Crippen LogP contribution is -2.51. The number of hydrogen-bond donors (Lipinski definition) is 2. The molecular weight excluding hydrogens is 184 g/mol. The summed E-state index contributed by atoms with van der Waals surface area (Å²) in [5.41, 5.74) is 7.20. The lowest BCUT2D eigenvalue weighted by Gasteiger charge is -2.33. The first kappa shape index (κ1) is 9.30. The van der Waals surface area contributed by atoms with Crippen LogP contribution in [0, 0.1) is 0 Å². The molecule has 2 fully saturated rings. The predicted octanol–water partition coefficient (Wildman–Crippen LogP) is 1.03. The van der Waals surface area contributed by atoms with Crippen LogP contribution in [0.3, 0.4) is 0 Å². The molecule has 76 valence electrons. The molecule has 2 aliphatic heterocycles. The maximum absolute atomic E-state index is 11.1. The lowest BCUT2D eigenvalue weighted by molar-refractivity contribution is -0.144. The Morgan fingerprint density at radius 1 is 1.50 bits per heavy atom. The van der Waals surface area contributed by atoms with Gasteiger partial charge in [-0.25, -0.2) is 0 Å². The zero-order valence-corrected chi connectivity index (χ0v) is 7.68. The quantitative estimate of drug-likeness (QED) is 0.392. The van der Waals surface area contributed by atoms with Crippen LogP contribution in [0.5, 0.6) is 0 Å². The van der Waals surface area contributed by atoms with Gasteiger partial charge >= 0.3 is 5.97 Å². The van der Waals surface area contributed by atoms with Crippen molar-refractivity contribution in [2.45, 2.75) is 43.3 Å². The molecule has 6 heteroatoms. The Morgan fingerprint density at radius 2 is 2.07 bits per heavy atom. The number of carboxylic acids is 1. The number of carbonyl (C=O) groups is 1. The molecule has 0 aliphatic carbocycles. The van der Waals surface area contributed by atoms with E-state index in [4.69, 9.17) is 10.6 Å². The largest absolute Gasteiger partial charge is 0.481 e. The zero-order valence-electron chi connectivity index (χ0n) is 7.68. The number of nitrogens with zero attached hydrogens (tertiary/aromatic N) is 3. The van der Waals surface area contributed by atoms with Crippen molar-refractivity contribution < 1.29 is 9.90 Å². The average Bonchev–Trinajstić information content (AvgIpc) is 2.46. The number of piperidine rings is 1. The molecule has 0 radical (unpaired) electrons. The van der Waals surface area contributed by atoms with E-state index in [2.05, 4.69) is 15.3 Å². The molecule has 2 aliphatic rings. The fourth-order valence-electron chi connectivity index (χ4n) is 2.51. The molecule has 2 saturated heterocycles. The average molecular weight is 196 g/mol. The predicted molar refractivity (Wildman–Crippen MR) is 48.7 cm³/mol. The summed E-state index contributed by atoms with van der Waals surface area (Å²) in [5.74, 6) is -0.992. The highest BCUT2D eigenvalue weighted by Gasteiger charge is 2.48. The van der Waals surface area contributed by atoms with E-state index in [0.717, 1.165) is 12.8 Å². The highest BCUT2D eigenvalue weighted by Crippen LogP contribution is 2.36. The van der Waals surface area contributed by atoms with E-state index in [1.54, 1.807) is 0 Å². The minimum absolute atomic E-state index is 0.204. The molecule has 0 aromatic heterocycles. The first-order valence-corrected chi connectivity index (χ1v) is 4.72. The van der Waals surface area contributed by atoms with Gasteiger partial charge in [-0.05, 0) is 31.2 Å². The Morgan fingerprint density at radius 3 is 2.50 bits per heavy atom. The van der Waals surface area contributed by atoms with Crippen molar-refractivity contribution in [1.29, 1.82) is 0 Å². The molecule has 2 rings (SSSR count). The Kier molecular flexibility index (Phi) is 2.09. The van der Waals surface area contributed by atoms with Gasteiger partial charge in [0.15, 0.2) is 0 Å². The molecule has 0 aromatic rings. The molecule has 2 heterocycles. The second-order valence-corrected chi connectivity index (χ2v) is 4.07. The van der Waals surface area contributed by atoms with E-state index >= 15 is 0 Å². The van der Waals surface area contributed by atoms with Crippen molar-refractivity contribution in [3.8, 4) is 0 Å². The molecule has 6 nitrogen and oxygen atoms in total. The minimum atomic E-state index is -1.20. The maximum Gasteiger partial charge on any atom is 0.315 e. The van der Waals surface area contributed by atoms with E-state index in [1.165, 1.54) is 0 Å². The van der Waals surface area contributed by atoms with E-state index in [1.807, 2.05) is 0 Å². The molecule has 2 N–H and O–H groups in total. The van der Waals surface area contributed by atoms with Crippen molar-refractivity contribution in [2.24, 2.45) is 5.11 Å². The van der Waals surface area contributed by atoms with E-state index in [0.29, 0.717) is 12.8 Å². The van der Waals surface area contributed by atoms with Crippen LogP contribution in [0.4, 0.5) is 0 Å². The molecule has 2 bridgehead atoms. The van der Waals surface area contributed by atoms with Gasteiger partial charge in [0.05, 0.1) is 0 Å². The van der Waals surface area contributed by atoms with Crippen LogP contribution < -0.4 is 5.32 Å². The number of carboxylic acid groups (broad SMARTS) is 1. The molecular formula is C8H12N4O2. The van der Waals surface area contributed by atoms with Gasteiger partial charge in [0.1, 0.15) is 5.54 Å². The maximum atomic E-state index is 11.1. The number of nitrogens with one attached hydrogen (secondary N) is 1. The fraction of sp³-hybridized carbons (Fsp3) is 0.875. The summed E-state index contributed by atoms with van der Waals surface area (Å²) in [6.45, 7) is 0. The third kappa shape index (κ3) is 1.32. The Labute approximate surface area is 80.9 Å². The summed E-state index contributed by atoms with van der Waals surface area (Å²) in [5, 5.41) is 15.9. The van der Waals surface area contributed by atoms with Crippen molar-refractivity contribution in [3.63, 3.8) is 0 Å². The van der Waals surface area contributed by atoms with Crippen LogP contribution in [0.2, 0.25) is 0 Å². The van der Waals surface area contributed by atoms with Gasteiger partial charge < -0.3 is 10.4 Å². The summed E-state index contributed by atoms with van der Waals surface area (Å²) >= 11 is 0. The third-order valence-corrected chi connectivity index (χ3v) is 3.14. The number of fused-ring (bicyclic) bond motifs is 2. The number of azide groups is 1. The normalized spacial score (nSPS) is 40.3. The highest BCUT2D eigenvalue weighted by molar-refractivity contribution is 5.79. The van der Waals surface area contributed by atoms with E-state index in [9.17, 15) is 4.79 Å². The van der Waals surface area contributed by atoms with Crippen molar-refractivity contribution >= 4 is 5.97 Å². The first-order chi connectivity index (χ1) is 6.66. The Hall–Kier alpha value is -1.26. The zero-order chi connectivity index (χ0) is 10.2. The minimum Gasteiger partial charge on any atom is -0.481 e. The Balaban J connectivity index is 2.28. The highest BCUT2D eigenvalue weighted by atomic mass is 16.4. The van der Waals surface area contributed by atoms with E-state index < -0.39 is 11.5 Å². The third-order valence-electron chi connectivity index (χ3n) is 3.14. The molecule has 0 amide bonds. The second-order valence-electron chi connectivity index (χ2n) is 4.07.